The van der Waals surface area contributed by atoms with E-state index in [-0.39, 0.29) is 11.9 Å². The van der Waals surface area contributed by atoms with Gasteiger partial charge >= 0.3 is 0 Å². The fourth-order valence-corrected chi connectivity index (χ4v) is 3.86. The first-order valence-electron chi connectivity index (χ1n) is 6.57. The smallest absolute Gasteiger partial charge is 0.151 e. The minimum absolute atomic E-state index is 0.261. The van der Waals surface area contributed by atoms with Gasteiger partial charge in [-0.1, -0.05) is 6.92 Å². The van der Waals surface area contributed by atoms with E-state index < -0.39 is 9.84 Å². The maximum atomic E-state index is 11.6. The number of hydrogen-bond acceptors (Lipinski definition) is 4. The van der Waals surface area contributed by atoms with E-state index in [1.165, 1.54) is 0 Å². The molecule has 0 aromatic rings. The summed E-state index contributed by atoms with van der Waals surface area (Å²) in [6, 6.07) is 0.367. The van der Waals surface area contributed by atoms with Gasteiger partial charge in [0.15, 0.2) is 9.84 Å². The highest BCUT2D eigenvalue weighted by Gasteiger charge is 2.26. The van der Waals surface area contributed by atoms with Gasteiger partial charge in [0.05, 0.1) is 11.9 Å². The van der Waals surface area contributed by atoms with Crippen LogP contribution in [0.15, 0.2) is 0 Å². The second-order valence-corrected chi connectivity index (χ2v) is 7.37. The molecule has 2 unspecified atom stereocenters. The third kappa shape index (κ3) is 5.36. The van der Waals surface area contributed by atoms with Crippen LogP contribution in [0, 0.1) is 0 Å². The molecule has 1 rings (SSSR count). The summed E-state index contributed by atoms with van der Waals surface area (Å²) in [4.78, 5) is 2.22. The van der Waals surface area contributed by atoms with Gasteiger partial charge in [-0.3, -0.25) is 4.90 Å². The minimum Gasteiger partial charge on any atom is -0.393 e. The maximum Gasteiger partial charge on any atom is 0.151 e. The zero-order valence-corrected chi connectivity index (χ0v) is 11.7. The Balaban J connectivity index is 2.40. The third-order valence-electron chi connectivity index (χ3n) is 3.32. The lowest BCUT2D eigenvalue weighted by molar-refractivity contribution is 0.137. The molecule has 2 atom stereocenters. The molecular formula is C12H25NO3S. The molecule has 1 saturated heterocycles. The predicted octanol–water partition coefficient (Wildman–Crippen LogP) is 1.05. The van der Waals surface area contributed by atoms with Crippen molar-refractivity contribution in [3.8, 4) is 0 Å². The molecule has 4 nitrogen and oxygen atoms in total. The highest BCUT2D eigenvalue weighted by molar-refractivity contribution is 7.91. The number of aliphatic hydroxyl groups is 1. The molecular weight excluding hydrogens is 238 g/mol. The van der Waals surface area contributed by atoms with E-state index in [0.29, 0.717) is 24.8 Å². The zero-order valence-electron chi connectivity index (χ0n) is 10.9. The van der Waals surface area contributed by atoms with Crippen LogP contribution < -0.4 is 0 Å². The molecule has 1 heterocycles. The molecule has 0 aromatic heterocycles. The summed E-state index contributed by atoms with van der Waals surface area (Å²) in [6.07, 6.45) is 3.35. The van der Waals surface area contributed by atoms with Crippen LogP contribution in [-0.2, 0) is 9.84 Å². The molecule has 0 radical (unpaired) electrons. The van der Waals surface area contributed by atoms with E-state index in [1.54, 1.807) is 6.92 Å². The monoisotopic (exact) mass is 263 g/mol. The number of nitrogens with zero attached hydrogens (tertiary/aromatic N) is 1. The zero-order chi connectivity index (χ0) is 12.9. The summed E-state index contributed by atoms with van der Waals surface area (Å²) >= 11 is 0. The third-order valence-corrected chi connectivity index (χ3v) is 5.15. The Kier molecular flexibility index (Phi) is 5.89. The molecule has 0 spiro atoms. The van der Waals surface area contributed by atoms with Gasteiger partial charge < -0.3 is 5.11 Å². The molecule has 1 fully saturated rings. The Hall–Kier alpha value is -0.130. The van der Waals surface area contributed by atoms with Crippen molar-refractivity contribution in [1.29, 1.82) is 0 Å². The first-order chi connectivity index (χ1) is 7.94. The molecule has 1 N–H and O–H groups in total. The van der Waals surface area contributed by atoms with E-state index in [4.69, 9.17) is 0 Å². The molecule has 17 heavy (non-hydrogen) atoms. The Morgan fingerprint density at radius 2 is 2.12 bits per heavy atom. The summed E-state index contributed by atoms with van der Waals surface area (Å²) in [6.45, 7) is 5.28. The number of sulfone groups is 1. The van der Waals surface area contributed by atoms with Gasteiger partial charge in [0.1, 0.15) is 0 Å². The van der Waals surface area contributed by atoms with Gasteiger partial charge in [0, 0.05) is 18.3 Å². The van der Waals surface area contributed by atoms with Crippen LogP contribution in [0.25, 0.3) is 0 Å². The van der Waals surface area contributed by atoms with Gasteiger partial charge in [0.25, 0.3) is 0 Å². The van der Waals surface area contributed by atoms with E-state index in [0.717, 1.165) is 25.8 Å². The van der Waals surface area contributed by atoms with Crippen LogP contribution in [0.3, 0.4) is 0 Å². The fraction of sp³-hybridized carbons (Fsp3) is 1.00. The molecule has 1 aliphatic rings. The van der Waals surface area contributed by atoms with Crippen LogP contribution in [0.4, 0.5) is 0 Å². The quantitative estimate of drug-likeness (QED) is 0.746. The summed E-state index contributed by atoms with van der Waals surface area (Å²) in [5.41, 5.74) is 0. The largest absolute Gasteiger partial charge is 0.393 e. The van der Waals surface area contributed by atoms with Crippen molar-refractivity contribution in [3.63, 3.8) is 0 Å². The highest BCUT2D eigenvalue weighted by Crippen LogP contribution is 2.21. The predicted molar refractivity (Wildman–Crippen MR) is 69.8 cm³/mol. The fourth-order valence-electron chi connectivity index (χ4n) is 2.52. The second-order valence-electron chi connectivity index (χ2n) is 5.07. The highest BCUT2D eigenvalue weighted by atomic mass is 32.2. The Labute approximate surface area is 105 Å². The molecule has 0 saturated carbocycles. The van der Waals surface area contributed by atoms with Crippen LogP contribution in [0.2, 0.25) is 0 Å². The second kappa shape index (κ2) is 6.71. The van der Waals surface area contributed by atoms with Crippen molar-refractivity contribution < 1.29 is 13.5 Å². The number of hydrogen-bond donors (Lipinski definition) is 1. The van der Waals surface area contributed by atoms with Crippen molar-refractivity contribution in [1.82, 2.24) is 4.90 Å². The summed E-state index contributed by atoms with van der Waals surface area (Å²) in [7, 11) is -2.88. The number of aliphatic hydroxyl groups excluding tert-OH is 1. The van der Waals surface area contributed by atoms with Gasteiger partial charge in [-0.05, 0) is 39.2 Å². The normalized spacial score (nSPS) is 24.1. The van der Waals surface area contributed by atoms with Crippen molar-refractivity contribution in [2.24, 2.45) is 0 Å². The average Bonchev–Trinajstić information content (AvgIpc) is 2.61. The molecule has 0 aliphatic carbocycles. The van der Waals surface area contributed by atoms with Gasteiger partial charge in [-0.25, -0.2) is 8.42 Å². The summed E-state index contributed by atoms with van der Waals surface area (Å²) in [5.74, 6) is 0.555. The molecule has 0 bridgehead atoms. The van der Waals surface area contributed by atoms with Crippen LogP contribution in [-0.4, -0.2) is 55.2 Å². The molecule has 5 heteroatoms. The first kappa shape index (κ1) is 14.9. The van der Waals surface area contributed by atoms with Crippen LogP contribution in [0.5, 0.6) is 0 Å². The number of rotatable bonds is 7. The van der Waals surface area contributed by atoms with Gasteiger partial charge in [-0.15, -0.1) is 0 Å². The molecule has 0 amide bonds. The minimum atomic E-state index is -2.88. The van der Waals surface area contributed by atoms with Crippen LogP contribution in [0.1, 0.15) is 39.5 Å². The van der Waals surface area contributed by atoms with E-state index >= 15 is 0 Å². The van der Waals surface area contributed by atoms with Crippen molar-refractivity contribution in [2.75, 3.05) is 24.6 Å². The molecule has 1 aliphatic heterocycles. The lowest BCUT2D eigenvalue weighted by Gasteiger charge is -2.25. The van der Waals surface area contributed by atoms with Crippen molar-refractivity contribution >= 4 is 9.84 Å². The average molecular weight is 263 g/mol. The lowest BCUT2D eigenvalue weighted by atomic mass is 10.1. The van der Waals surface area contributed by atoms with Crippen LogP contribution >= 0.6 is 0 Å². The Morgan fingerprint density at radius 3 is 2.71 bits per heavy atom. The first-order valence-corrected chi connectivity index (χ1v) is 8.39. The summed E-state index contributed by atoms with van der Waals surface area (Å²) < 4.78 is 23.3. The molecule has 0 aromatic carbocycles. The Morgan fingerprint density at radius 1 is 1.41 bits per heavy atom. The van der Waals surface area contributed by atoms with Gasteiger partial charge in [-0.2, -0.15) is 0 Å². The lowest BCUT2D eigenvalue weighted by Crippen LogP contribution is -2.35. The standard InChI is InChI=1S/C12H25NO3S/c1-3-8-17(15,16)9-7-13-6-4-5-12(13)10-11(2)14/h11-12,14H,3-10H2,1-2H3. The molecule has 102 valence electrons. The van der Waals surface area contributed by atoms with E-state index in [1.807, 2.05) is 6.92 Å². The van der Waals surface area contributed by atoms with E-state index in [2.05, 4.69) is 4.90 Å². The number of likely N-dealkylation sites (tertiary alicyclic amines) is 1. The van der Waals surface area contributed by atoms with Gasteiger partial charge in [0.2, 0.25) is 0 Å². The topological polar surface area (TPSA) is 57.6 Å². The SMILES string of the molecule is CCCS(=O)(=O)CCN1CCCC1CC(C)O. The van der Waals surface area contributed by atoms with E-state index in [9.17, 15) is 13.5 Å². The summed E-state index contributed by atoms with van der Waals surface area (Å²) in [5, 5.41) is 9.40. The maximum absolute atomic E-state index is 11.6. The van der Waals surface area contributed by atoms with Crippen molar-refractivity contribution in [2.45, 2.75) is 51.7 Å². The van der Waals surface area contributed by atoms with Crippen molar-refractivity contribution in [3.05, 3.63) is 0 Å². The Bertz CT molecular complexity index is 314.